The molecule has 1 aliphatic heterocycles. The Balaban J connectivity index is 1.85. The van der Waals surface area contributed by atoms with Crippen molar-refractivity contribution in [1.29, 1.82) is 0 Å². The monoisotopic (exact) mass is 395 g/mol. The molecule has 1 saturated heterocycles. The molecule has 1 atom stereocenters. The molecule has 0 radical (unpaired) electrons. The van der Waals surface area contributed by atoms with Crippen LogP contribution in [0.2, 0.25) is 0 Å². The summed E-state index contributed by atoms with van der Waals surface area (Å²) in [5.41, 5.74) is 1.93. The van der Waals surface area contributed by atoms with Crippen LogP contribution in [0.3, 0.4) is 0 Å². The molecule has 1 aromatic rings. The quantitative estimate of drug-likeness (QED) is 0.731. The maximum absolute atomic E-state index is 12.4. The second kappa shape index (κ2) is 9.32. The van der Waals surface area contributed by atoms with Gasteiger partial charge in [-0.25, -0.2) is 13.1 Å². The normalized spacial score (nSPS) is 17.6. The number of hydrogen-bond donors (Lipinski definition) is 2. The number of hydrogen-bond acceptors (Lipinski definition) is 4. The van der Waals surface area contributed by atoms with E-state index in [-0.39, 0.29) is 35.7 Å². The van der Waals surface area contributed by atoms with E-state index in [4.69, 9.17) is 0 Å². The van der Waals surface area contributed by atoms with E-state index in [1.807, 2.05) is 13.8 Å². The van der Waals surface area contributed by atoms with Crippen molar-refractivity contribution in [3.05, 3.63) is 29.3 Å². The fraction of sp³-hybridized carbons (Fsp3) is 0.579. The van der Waals surface area contributed by atoms with Crippen LogP contribution in [0.1, 0.15) is 43.7 Å². The lowest BCUT2D eigenvalue weighted by molar-refractivity contribution is -0.133. The molecule has 1 unspecified atom stereocenters. The highest BCUT2D eigenvalue weighted by Crippen LogP contribution is 2.15. The molecule has 1 fully saturated rings. The van der Waals surface area contributed by atoms with Gasteiger partial charge in [0.25, 0.3) is 0 Å². The van der Waals surface area contributed by atoms with Crippen molar-refractivity contribution in [3.63, 3.8) is 0 Å². The van der Waals surface area contributed by atoms with E-state index in [1.54, 1.807) is 30.0 Å². The molecule has 0 saturated carbocycles. The molecular weight excluding hydrogens is 366 g/mol. The zero-order valence-corrected chi connectivity index (χ0v) is 17.1. The topological polar surface area (TPSA) is 95.6 Å². The molecule has 0 aromatic heterocycles. The van der Waals surface area contributed by atoms with Gasteiger partial charge >= 0.3 is 0 Å². The number of likely N-dealkylation sites (tertiary alicyclic amines) is 1. The summed E-state index contributed by atoms with van der Waals surface area (Å²) in [7, 11) is -3.63. The Morgan fingerprint density at radius 1 is 1.22 bits per heavy atom. The van der Waals surface area contributed by atoms with E-state index in [9.17, 15) is 18.0 Å². The van der Waals surface area contributed by atoms with Crippen LogP contribution in [-0.4, -0.2) is 50.8 Å². The maximum Gasteiger partial charge on any atom is 0.240 e. The van der Waals surface area contributed by atoms with Crippen LogP contribution < -0.4 is 10.0 Å². The summed E-state index contributed by atoms with van der Waals surface area (Å²) in [4.78, 5) is 25.8. The van der Waals surface area contributed by atoms with Gasteiger partial charge in [-0.1, -0.05) is 13.0 Å². The summed E-state index contributed by atoms with van der Waals surface area (Å²) in [6.07, 6.45) is 2.20. The molecule has 2 N–H and O–H groups in total. The molecule has 2 amide bonds. The third kappa shape index (κ3) is 6.04. The number of amides is 2. The summed E-state index contributed by atoms with van der Waals surface area (Å²) >= 11 is 0. The van der Waals surface area contributed by atoms with Crippen LogP contribution in [0.15, 0.2) is 23.1 Å². The Bertz CT molecular complexity index is 792. The maximum atomic E-state index is 12.4. The van der Waals surface area contributed by atoms with Crippen LogP contribution in [0.4, 0.5) is 0 Å². The van der Waals surface area contributed by atoms with Crippen LogP contribution in [0.25, 0.3) is 0 Å². The Hall–Kier alpha value is -1.93. The first kappa shape index (κ1) is 21.4. The Labute approximate surface area is 161 Å². The van der Waals surface area contributed by atoms with Gasteiger partial charge in [0.05, 0.1) is 4.90 Å². The molecular formula is C19H29N3O4S. The summed E-state index contributed by atoms with van der Waals surface area (Å²) in [6.45, 7) is 6.75. The predicted octanol–water partition coefficient (Wildman–Crippen LogP) is 1.49. The van der Waals surface area contributed by atoms with E-state index < -0.39 is 10.0 Å². The molecule has 150 valence electrons. The van der Waals surface area contributed by atoms with Crippen LogP contribution in [0, 0.1) is 13.8 Å². The standard InChI is InChI=1S/C19H29N3O4S/c1-4-18(23)21-16-6-5-11-22(13-16)19(24)9-10-20-27(25,26)17-8-7-14(2)15(3)12-17/h7-8,12,16,20H,4-6,9-11,13H2,1-3H3,(H,21,23). The number of carbonyl (C=O) groups is 2. The Morgan fingerprint density at radius 2 is 1.96 bits per heavy atom. The fourth-order valence-corrected chi connectivity index (χ4v) is 4.18. The molecule has 0 spiro atoms. The van der Waals surface area contributed by atoms with Crippen LogP contribution in [-0.2, 0) is 19.6 Å². The smallest absolute Gasteiger partial charge is 0.240 e. The number of nitrogens with one attached hydrogen (secondary N) is 2. The number of aryl methyl sites for hydroxylation is 2. The molecule has 27 heavy (non-hydrogen) atoms. The van der Waals surface area contributed by atoms with Crippen molar-refractivity contribution in [2.45, 2.75) is 57.4 Å². The lowest BCUT2D eigenvalue weighted by Gasteiger charge is -2.33. The lowest BCUT2D eigenvalue weighted by atomic mass is 10.1. The van der Waals surface area contributed by atoms with Crippen molar-refractivity contribution in [3.8, 4) is 0 Å². The zero-order chi connectivity index (χ0) is 20.0. The highest BCUT2D eigenvalue weighted by molar-refractivity contribution is 7.89. The van der Waals surface area contributed by atoms with Gasteiger partial charge in [-0.05, 0) is 49.9 Å². The van der Waals surface area contributed by atoms with Gasteiger partial charge in [0.15, 0.2) is 0 Å². The Kier molecular flexibility index (Phi) is 7.38. The summed E-state index contributed by atoms with van der Waals surface area (Å²) in [5, 5.41) is 2.92. The highest BCUT2D eigenvalue weighted by Gasteiger charge is 2.24. The largest absolute Gasteiger partial charge is 0.352 e. The second-order valence-electron chi connectivity index (χ2n) is 6.99. The van der Waals surface area contributed by atoms with Gasteiger partial charge in [-0.15, -0.1) is 0 Å². The van der Waals surface area contributed by atoms with E-state index in [2.05, 4.69) is 10.0 Å². The second-order valence-corrected chi connectivity index (χ2v) is 8.76. The van der Waals surface area contributed by atoms with Gasteiger partial charge in [0.2, 0.25) is 21.8 Å². The molecule has 0 aliphatic carbocycles. The number of benzene rings is 1. The van der Waals surface area contributed by atoms with Gasteiger partial charge in [0, 0.05) is 38.5 Å². The average molecular weight is 396 g/mol. The van der Waals surface area contributed by atoms with Crippen LogP contribution >= 0.6 is 0 Å². The number of piperidine rings is 1. The third-order valence-corrected chi connectivity index (χ3v) is 6.34. The molecule has 2 rings (SSSR count). The highest BCUT2D eigenvalue weighted by atomic mass is 32.2. The fourth-order valence-electron chi connectivity index (χ4n) is 3.07. The van der Waals surface area contributed by atoms with E-state index in [1.165, 1.54) is 0 Å². The Morgan fingerprint density at radius 3 is 2.63 bits per heavy atom. The van der Waals surface area contributed by atoms with Gasteiger partial charge in [0.1, 0.15) is 0 Å². The van der Waals surface area contributed by atoms with Gasteiger partial charge < -0.3 is 10.2 Å². The molecule has 8 heteroatoms. The average Bonchev–Trinajstić information content (AvgIpc) is 2.63. The molecule has 1 heterocycles. The van der Waals surface area contributed by atoms with Crippen molar-refractivity contribution in [1.82, 2.24) is 14.9 Å². The first-order valence-electron chi connectivity index (χ1n) is 9.37. The van der Waals surface area contributed by atoms with Crippen molar-refractivity contribution < 1.29 is 18.0 Å². The predicted molar refractivity (Wildman–Crippen MR) is 104 cm³/mol. The first-order valence-corrected chi connectivity index (χ1v) is 10.9. The van der Waals surface area contributed by atoms with Crippen molar-refractivity contribution >= 4 is 21.8 Å². The molecule has 1 aliphatic rings. The zero-order valence-electron chi connectivity index (χ0n) is 16.2. The minimum Gasteiger partial charge on any atom is -0.352 e. The minimum atomic E-state index is -3.63. The van der Waals surface area contributed by atoms with Crippen LogP contribution in [0.5, 0.6) is 0 Å². The molecule has 0 bridgehead atoms. The SMILES string of the molecule is CCC(=O)NC1CCCN(C(=O)CCNS(=O)(=O)c2ccc(C)c(C)c2)C1. The number of carbonyl (C=O) groups excluding carboxylic acids is 2. The van der Waals surface area contributed by atoms with Gasteiger partial charge in [-0.3, -0.25) is 9.59 Å². The number of rotatable bonds is 7. The van der Waals surface area contributed by atoms with E-state index >= 15 is 0 Å². The number of sulfonamides is 1. The van der Waals surface area contributed by atoms with Crippen molar-refractivity contribution in [2.24, 2.45) is 0 Å². The van der Waals surface area contributed by atoms with Gasteiger partial charge in [-0.2, -0.15) is 0 Å². The minimum absolute atomic E-state index is 0.0181. The summed E-state index contributed by atoms with van der Waals surface area (Å²) in [5.74, 6) is -0.122. The molecule has 7 nitrogen and oxygen atoms in total. The van der Waals surface area contributed by atoms with E-state index in [0.717, 1.165) is 24.0 Å². The molecule has 1 aromatic carbocycles. The van der Waals surface area contributed by atoms with E-state index in [0.29, 0.717) is 19.5 Å². The first-order chi connectivity index (χ1) is 12.7. The number of nitrogens with zero attached hydrogens (tertiary/aromatic N) is 1. The summed E-state index contributed by atoms with van der Waals surface area (Å²) < 4.78 is 27.3. The third-order valence-electron chi connectivity index (χ3n) is 4.88. The van der Waals surface area contributed by atoms with Crippen molar-refractivity contribution in [2.75, 3.05) is 19.6 Å². The summed E-state index contributed by atoms with van der Waals surface area (Å²) in [6, 6.07) is 4.94. The lowest BCUT2D eigenvalue weighted by Crippen LogP contribution is -2.49.